The van der Waals surface area contributed by atoms with Gasteiger partial charge in [-0.1, -0.05) is 12.1 Å². The summed E-state index contributed by atoms with van der Waals surface area (Å²) in [7, 11) is 0. The Morgan fingerprint density at radius 2 is 2.32 bits per heavy atom. The number of rotatable bonds is 5. The fraction of sp³-hybridized carbons (Fsp3) is 0.143. The van der Waals surface area contributed by atoms with Crippen molar-refractivity contribution in [3.8, 4) is 5.75 Å². The van der Waals surface area contributed by atoms with Crippen molar-refractivity contribution in [2.45, 2.75) is 6.92 Å². The Hall–Kier alpha value is -2.56. The van der Waals surface area contributed by atoms with Gasteiger partial charge in [0.05, 0.1) is 11.9 Å². The topological polar surface area (TPSA) is 66.5 Å². The van der Waals surface area contributed by atoms with Crippen molar-refractivity contribution in [2.75, 3.05) is 6.61 Å². The second-order valence-corrected chi connectivity index (χ2v) is 4.02. The predicted molar refractivity (Wildman–Crippen MR) is 73.2 cm³/mol. The highest BCUT2D eigenvalue weighted by Crippen LogP contribution is 2.11. The molecule has 0 aliphatic carbocycles. The van der Waals surface area contributed by atoms with E-state index in [2.05, 4.69) is 15.5 Å². The van der Waals surface area contributed by atoms with Crippen LogP contribution < -0.4 is 10.2 Å². The van der Waals surface area contributed by atoms with Gasteiger partial charge in [-0.3, -0.25) is 4.79 Å². The van der Waals surface area contributed by atoms with Gasteiger partial charge in [0.25, 0.3) is 5.91 Å². The van der Waals surface area contributed by atoms with Gasteiger partial charge in [-0.05, 0) is 36.8 Å². The number of carbonyl (C=O) groups excluding carboxylic acids is 1. The lowest BCUT2D eigenvalue weighted by Crippen LogP contribution is -2.24. The molecule has 0 bridgehead atoms. The van der Waals surface area contributed by atoms with Crippen molar-refractivity contribution < 1.29 is 9.53 Å². The largest absolute Gasteiger partial charge is 0.484 e. The van der Waals surface area contributed by atoms with Crippen molar-refractivity contribution >= 4 is 12.1 Å². The molecular weight excluding hydrogens is 242 g/mol. The van der Waals surface area contributed by atoms with Crippen LogP contribution in [-0.4, -0.2) is 23.7 Å². The van der Waals surface area contributed by atoms with Crippen molar-refractivity contribution in [1.82, 2.24) is 10.4 Å². The third-order valence-corrected chi connectivity index (χ3v) is 2.37. The number of hydrogen-bond donors (Lipinski definition) is 2. The normalized spacial score (nSPS) is 10.6. The van der Waals surface area contributed by atoms with Crippen molar-refractivity contribution in [3.05, 3.63) is 53.9 Å². The fourth-order valence-electron chi connectivity index (χ4n) is 1.48. The summed E-state index contributed by atoms with van der Waals surface area (Å²) in [5.41, 5.74) is 4.30. The van der Waals surface area contributed by atoms with Gasteiger partial charge in [-0.15, -0.1) is 0 Å². The minimum absolute atomic E-state index is 0.0640. The smallest absolute Gasteiger partial charge is 0.277 e. The summed E-state index contributed by atoms with van der Waals surface area (Å²) in [5.74, 6) is 0.368. The number of benzene rings is 1. The first-order valence-corrected chi connectivity index (χ1v) is 5.89. The van der Waals surface area contributed by atoms with Crippen LogP contribution in [0.2, 0.25) is 0 Å². The average molecular weight is 257 g/mol. The van der Waals surface area contributed by atoms with Crippen LogP contribution in [-0.2, 0) is 4.79 Å². The molecule has 1 aromatic carbocycles. The number of carbonyl (C=O) groups is 1. The Morgan fingerprint density at radius 1 is 1.42 bits per heavy atom. The molecule has 0 saturated heterocycles. The molecule has 2 rings (SSSR count). The molecule has 0 unspecified atom stereocenters. The summed E-state index contributed by atoms with van der Waals surface area (Å²) in [6, 6.07) is 11.2. The van der Waals surface area contributed by atoms with Crippen LogP contribution in [0.25, 0.3) is 0 Å². The molecule has 1 heterocycles. The zero-order chi connectivity index (χ0) is 13.5. The zero-order valence-corrected chi connectivity index (χ0v) is 10.6. The van der Waals surface area contributed by atoms with E-state index in [0.29, 0.717) is 5.75 Å². The summed E-state index contributed by atoms with van der Waals surface area (Å²) in [6.45, 7) is 1.90. The summed E-state index contributed by atoms with van der Waals surface area (Å²) < 4.78 is 5.34. The van der Waals surface area contributed by atoms with Gasteiger partial charge >= 0.3 is 0 Å². The number of nitrogens with one attached hydrogen (secondary N) is 2. The van der Waals surface area contributed by atoms with Crippen LogP contribution >= 0.6 is 0 Å². The first kappa shape index (κ1) is 12.9. The number of aromatic nitrogens is 1. The number of aromatic amines is 1. The Morgan fingerprint density at radius 3 is 3.05 bits per heavy atom. The Kier molecular flexibility index (Phi) is 4.34. The van der Waals surface area contributed by atoms with Crippen LogP contribution in [0.4, 0.5) is 0 Å². The number of nitrogens with zero attached hydrogens (tertiary/aromatic N) is 1. The van der Waals surface area contributed by atoms with Gasteiger partial charge in [0.15, 0.2) is 6.61 Å². The number of hydrazone groups is 1. The second kappa shape index (κ2) is 6.39. The molecule has 5 heteroatoms. The third-order valence-electron chi connectivity index (χ3n) is 2.37. The molecular formula is C14H15N3O2. The fourth-order valence-corrected chi connectivity index (χ4v) is 1.48. The molecule has 2 N–H and O–H groups in total. The monoisotopic (exact) mass is 257 g/mol. The first-order chi connectivity index (χ1) is 9.24. The van der Waals surface area contributed by atoms with Crippen LogP contribution in [0.5, 0.6) is 5.75 Å². The van der Waals surface area contributed by atoms with E-state index < -0.39 is 0 Å². The Bertz CT molecular complexity index is 562. The van der Waals surface area contributed by atoms with Crippen LogP contribution in [0.1, 0.15) is 11.3 Å². The van der Waals surface area contributed by atoms with Gasteiger partial charge in [-0.25, -0.2) is 5.43 Å². The molecule has 1 aromatic heterocycles. The Balaban J connectivity index is 1.76. The lowest BCUT2D eigenvalue weighted by molar-refractivity contribution is -0.123. The molecule has 0 radical (unpaired) electrons. The number of ether oxygens (including phenoxy) is 1. The highest BCUT2D eigenvalue weighted by molar-refractivity contribution is 5.81. The van der Waals surface area contributed by atoms with Crippen LogP contribution in [0.3, 0.4) is 0 Å². The molecule has 5 nitrogen and oxygen atoms in total. The Labute approximate surface area is 111 Å². The van der Waals surface area contributed by atoms with Gasteiger partial charge in [0.1, 0.15) is 5.75 Å². The molecule has 98 valence electrons. The van der Waals surface area contributed by atoms with Crippen LogP contribution in [0, 0.1) is 6.92 Å². The van der Waals surface area contributed by atoms with Crippen molar-refractivity contribution in [1.29, 1.82) is 0 Å². The summed E-state index contributed by atoms with van der Waals surface area (Å²) >= 11 is 0. The van der Waals surface area contributed by atoms with E-state index in [1.165, 1.54) is 6.21 Å². The zero-order valence-electron chi connectivity index (χ0n) is 10.6. The van der Waals surface area contributed by atoms with Gasteiger partial charge in [0, 0.05) is 6.20 Å². The molecule has 0 atom stereocenters. The van der Waals surface area contributed by atoms with E-state index >= 15 is 0 Å². The minimum Gasteiger partial charge on any atom is -0.484 e. The van der Waals surface area contributed by atoms with E-state index in [-0.39, 0.29) is 12.5 Å². The lowest BCUT2D eigenvalue weighted by atomic mass is 10.2. The van der Waals surface area contributed by atoms with E-state index in [9.17, 15) is 4.79 Å². The molecule has 2 aromatic rings. The average Bonchev–Trinajstić information content (AvgIpc) is 2.90. The third kappa shape index (κ3) is 4.31. The van der Waals surface area contributed by atoms with Gasteiger partial charge in [0.2, 0.25) is 0 Å². The molecule has 19 heavy (non-hydrogen) atoms. The quantitative estimate of drug-likeness (QED) is 0.634. The maximum absolute atomic E-state index is 11.5. The SMILES string of the molecule is Cc1cccc(OCC(=O)NN=Cc2ccc[nH]2)c1. The van der Waals surface area contributed by atoms with E-state index in [1.807, 2.05) is 43.3 Å². The molecule has 0 saturated carbocycles. The molecule has 0 fully saturated rings. The van der Waals surface area contributed by atoms with E-state index in [4.69, 9.17) is 4.74 Å². The second-order valence-electron chi connectivity index (χ2n) is 4.02. The maximum atomic E-state index is 11.5. The standard InChI is InChI=1S/C14H15N3O2/c1-11-4-2-6-13(8-11)19-10-14(18)17-16-9-12-5-3-7-15-12/h2-9,15H,10H2,1H3,(H,17,18). The predicted octanol–water partition coefficient (Wildman–Crippen LogP) is 1.85. The van der Waals surface area contributed by atoms with Crippen molar-refractivity contribution in [2.24, 2.45) is 5.10 Å². The molecule has 1 amide bonds. The number of H-pyrrole nitrogens is 1. The highest BCUT2D eigenvalue weighted by atomic mass is 16.5. The maximum Gasteiger partial charge on any atom is 0.277 e. The summed E-state index contributed by atoms with van der Waals surface area (Å²) in [4.78, 5) is 14.4. The molecule has 0 aliphatic heterocycles. The van der Waals surface area contributed by atoms with Crippen molar-refractivity contribution in [3.63, 3.8) is 0 Å². The minimum atomic E-state index is -0.302. The van der Waals surface area contributed by atoms with E-state index in [1.54, 1.807) is 6.20 Å². The molecule has 0 aliphatic rings. The van der Waals surface area contributed by atoms with Crippen LogP contribution in [0.15, 0.2) is 47.7 Å². The number of aryl methyl sites for hydroxylation is 1. The molecule has 0 spiro atoms. The van der Waals surface area contributed by atoms with Gasteiger partial charge in [-0.2, -0.15) is 5.10 Å². The lowest BCUT2D eigenvalue weighted by Gasteiger charge is -2.05. The summed E-state index contributed by atoms with van der Waals surface area (Å²) in [6.07, 6.45) is 3.31. The first-order valence-electron chi connectivity index (χ1n) is 5.89. The number of hydrogen-bond acceptors (Lipinski definition) is 3. The van der Waals surface area contributed by atoms with E-state index in [0.717, 1.165) is 11.3 Å². The summed E-state index contributed by atoms with van der Waals surface area (Å²) in [5, 5.41) is 3.81. The highest BCUT2D eigenvalue weighted by Gasteiger charge is 2.01. The number of amides is 1. The van der Waals surface area contributed by atoms with Gasteiger partial charge < -0.3 is 9.72 Å².